The maximum atomic E-state index is 13.3. The van der Waals surface area contributed by atoms with Crippen LogP contribution in [0.2, 0.25) is 0 Å². The third kappa shape index (κ3) is 4.82. The number of ether oxygens (including phenoxy) is 1. The Morgan fingerprint density at radius 3 is 2.48 bits per heavy atom. The predicted octanol–water partition coefficient (Wildman–Crippen LogP) is 3.99. The fourth-order valence-electron chi connectivity index (χ4n) is 3.47. The van der Waals surface area contributed by atoms with Gasteiger partial charge < -0.3 is 15.4 Å². The number of carbonyl (C=O) groups is 1. The predicted molar refractivity (Wildman–Crippen MR) is 111 cm³/mol. The first kappa shape index (κ1) is 21.3. The summed E-state index contributed by atoms with van der Waals surface area (Å²) in [6.45, 7) is 6.24. The molecule has 2 aromatic rings. The summed E-state index contributed by atoms with van der Waals surface area (Å²) in [6, 6.07) is 17.7. The molecule has 4 nitrogen and oxygen atoms in total. The molecule has 5 heteroatoms. The molecule has 1 heterocycles. The van der Waals surface area contributed by atoms with Gasteiger partial charge in [0.25, 0.3) is 5.91 Å². The SMILES string of the molecule is CCc1ccccc1OC(C(=O)N1CCC(C)(CN)C1)c1ccccc1.Cl. The second kappa shape index (κ2) is 9.25. The number of halogens is 1. The van der Waals surface area contributed by atoms with Crippen LogP contribution in [0.4, 0.5) is 0 Å². The van der Waals surface area contributed by atoms with E-state index >= 15 is 0 Å². The van der Waals surface area contributed by atoms with Crippen LogP contribution in [0.15, 0.2) is 54.6 Å². The standard InChI is InChI=1S/C22H28N2O2.ClH/c1-3-17-9-7-8-12-19(17)26-20(18-10-5-4-6-11-18)21(25)24-14-13-22(2,15-23)16-24;/h4-12,20H,3,13-16,23H2,1-2H3;1H. The highest BCUT2D eigenvalue weighted by Gasteiger charge is 2.38. The summed E-state index contributed by atoms with van der Waals surface area (Å²) >= 11 is 0. The molecular formula is C22H29ClN2O2. The number of amides is 1. The smallest absolute Gasteiger partial charge is 0.268 e. The number of rotatable bonds is 6. The van der Waals surface area contributed by atoms with Gasteiger partial charge in [-0.2, -0.15) is 0 Å². The molecular weight excluding hydrogens is 360 g/mol. The van der Waals surface area contributed by atoms with Crippen LogP contribution in [0.5, 0.6) is 5.75 Å². The number of nitrogens with two attached hydrogens (primary N) is 1. The molecule has 2 N–H and O–H groups in total. The summed E-state index contributed by atoms with van der Waals surface area (Å²) in [4.78, 5) is 15.2. The van der Waals surface area contributed by atoms with Crippen molar-refractivity contribution < 1.29 is 9.53 Å². The normalized spacial score (nSPS) is 20.0. The quantitative estimate of drug-likeness (QED) is 0.814. The lowest BCUT2D eigenvalue weighted by atomic mass is 9.90. The molecule has 0 saturated carbocycles. The molecule has 1 fully saturated rings. The first-order chi connectivity index (χ1) is 12.6. The fourth-order valence-corrected chi connectivity index (χ4v) is 3.47. The van der Waals surface area contributed by atoms with E-state index in [1.807, 2.05) is 59.5 Å². The Hall–Kier alpha value is -2.04. The highest BCUT2D eigenvalue weighted by Crippen LogP contribution is 2.33. The molecule has 2 aromatic carbocycles. The number of aryl methyl sites for hydroxylation is 1. The van der Waals surface area contributed by atoms with Gasteiger partial charge in [0.05, 0.1) is 0 Å². The molecule has 3 rings (SSSR count). The van der Waals surface area contributed by atoms with Crippen molar-refractivity contribution in [3.05, 3.63) is 65.7 Å². The third-order valence-electron chi connectivity index (χ3n) is 5.29. The largest absolute Gasteiger partial charge is 0.476 e. The molecule has 146 valence electrons. The summed E-state index contributed by atoms with van der Waals surface area (Å²) in [6.07, 6.45) is 1.16. The van der Waals surface area contributed by atoms with E-state index in [0.717, 1.165) is 36.3 Å². The van der Waals surface area contributed by atoms with Crippen LogP contribution in [-0.4, -0.2) is 30.4 Å². The molecule has 0 radical (unpaired) electrons. The minimum Gasteiger partial charge on any atom is -0.476 e. The van der Waals surface area contributed by atoms with Gasteiger partial charge in [-0.1, -0.05) is 62.4 Å². The van der Waals surface area contributed by atoms with Crippen molar-refractivity contribution in [3.8, 4) is 5.75 Å². The molecule has 2 atom stereocenters. The van der Waals surface area contributed by atoms with Crippen LogP contribution < -0.4 is 10.5 Å². The van der Waals surface area contributed by atoms with Crippen molar-refractivity contribution in [1.82, 2.24) is 4.90 Å². The van der Waals surface area contributed by atoms with E-state index in [9.17, 15) is 4.79 Å². The highest BCUT2D eigenvalue weighted by atomic mass is 35.5. The summed E-state index contributed by atoms with van der Waals surface area (Å²) in [5.74, 6) is 0.789. The van der Waals surface area contributed by atoms with E-state index in [0.29, 0.717) is 13.1 Å². The number of nitrogens with zero attached hydrogens (tertiary/aromatic N) is 1. The molecule has 1 amide bonds. The highest BCUT2D eigenvalue weighted by molar-refractivity contribution is 5.85. The van der Waals surface area contributed by atoms with E-state index in [-0.39, 0.29) is 23.7 Å². The molecule has 0 bridgehead atoms. The van der Waals surface area contributed by atoms with Gasteiger partial charge in [-0.05, 0) is 36.4 Å². The van der Waals surface area contributed by atoms with E-state index in [1.165, 1.54) is 0 Å². The number of carbonyl (C=O) groups excluding carboxylic acids is 1. The molecule has 0 aromatic heterocycles. The van der Waals surface area contributed by atoms with Gasteiger partial charge in [-0.15, -0.1) is 12.4 Å². The van der Waals surface area contributed by atoms with Crippen LogP contribution in [-0.2, 0) is 11.2 Å². The molecule has 1 aliphatic rings. The van der Waals surface area contributed by atoms with Gasteiger partial charge in [-0.25, -0.2) is 0 Å². The van der Waals surface area contributed by atoms with Crippen LogP contribution >= 0.6 is 12.4 Å². The number of likely N-dealkylation sites (tertiary alicyclic amines) is 1. The minimum atomic E-state index is -0.635. The van der Waals surface area contributed by atoms with E-state index in [4.69, 9.17) is 10.5 Å². The van der Waals surface area contributed by atoms with Crippen molar-refractivity contribution in [3.63, 3.8) is 0 Å². The van der Waals surface area contributed by atoms with Crippen molar-refractivity contribution in [2.75, 3.05) is 19.6 Å². The zero-order valence-corrected chi connectivity index (χ0v) is 16.9. The number of benzene rings is 2. The second-order valence-corrected chi connectivity index (χ2v) is 7.39. The van der Waals surface area contributed by atoms with E-state index < -0.39 is 6.10 Å². The Labute approximate surface area is 168 Å². The lowest BCUT2D eigenvalue weighted by Crippen LogP contribution is -2.38. The monoisotopic (exact) mass is 388 g/mol. The third-order valence-corrected chi connectivity index (χ3v) is 5.29. The van der Waals surface area contributed by atoms with E-state index in [2.05, 4.69) is 13.8 Å². The van der Waals surface area contributed by atoms with Gasteiger partial charge in [0.15, 0.2) is 0 Å². The van der Waals surface area contributed by atoms with Crippen molar-refractivity contribution >= 4 is 18.3 Å². The first-order valence-corrected chi connectivity index (χ1v) is 9.34. The van der Waals surface area contributed by atoms with Crippen LogP contribution in [0.3, 0.4) is 0 Å². The Morgan fingerprint density at radius 2 is 1.85 bits per heavy atom. The zero-order chi connectivity index (χ0) is 18.6. The van der Waals surface area contributed by atoms with Crippen LogP contribution in [0.25, 0.3) is 0 Å². The van der Waals surface area contributed by atoms with Gasteiger partial charge in [0.1, 0.15) is 5.75 Å². The topological polar surface area (TPSA) is 55.6 Å². The first-order valence-electron chi connectivity index (χ1n) is 9.34. The van der Waals surface area contributed by atoms with Gasteiger partial charge >= 0.3 is 0 Å². The molecule has 0 spiro atoms. The minimum absolute atomic E-state index is 0. The van der Waals surface area contributed by atoms with Gasteiger partial charge in [0, 0.05) is 18.7 Å². The second-order valence-electron chi connectivity index (χ2n) is 7.39. The Bertz CT molecular complexity index is 753. The molecule has 1 saturated heterocycles. The maximum Gasteiger partial charge on any atom is 0.268 e. The van der Waals surface area contributed by atoms with Crippen LogP contribution in [0.1, 0.15) is 37.5 Å². The molecule has 1 aliphatic heterocycles. The fraction of sp³-hybridized carbons (Fsp3) is 0.409. The van der Waals surface area contributed by atoms with Crippen molar-refractivity contribution in [1.29, 1.82) is 0 Å². The van der Waals surface area contributed by atoms with Gasteiger partial charge in [0.2, 0.25) is 6.10 Å². The number of hydrogen-bond acceptors (Lipinski definition) is 3. The Balaban J connectivity index is 0.00000261. The van der Waals surface area contributed by atoms with E-state index in [1.54, 1.807) is 0 Å². The van der Waals surface area contributed by atoms with Crippen molar-refractivity contribution in [2.45, 2.75) is 32.8 Å². The number of para-hydroxylation sites is 1. The number of hydrogen-bond donors (Lipinski definition) is 1. The lowest BCUT2D eigenvalue weighted by molar-refractivity contribution is -0.138. The lowest BCUT2D eigenvalue weighted by Gasteiger charge is -2.27. The summed E-state index contributed by atoms with van der Waals surface area (Å²) < 4.78 is 6.28. The average Bonchev–Trinajstić information content (AvgIpc) is 3.09. The summed E-state index contributed by atoms with van der Waals surface area (Å²) in [5, 5.41) is 0. The maximum absolute atomic E-state index is 13.3. The summed E-state index contributed by atoms with van der Waals surface area (Å²) in [5.41, 5.74) is 7.89. The van der Waals surface area contributed by atoms with Crippen molar-refractivity contribution in [2.24, 2.45) is 11.1 Å². The Morgan fingerprint density at radius 1 is 1.19 bits per heavy atom. The zero-order valence-electron chi connectivity index (χ0n) is 16.1. The molecule has 2 unspecified atom stereocenters. The van der Waals surface area contributed by atoms with Crippen LogP contribution in [0, 0.1) is 5.41 Å². The Kier molecular flexibility index (Phi) is 7.28. The molecule has 0 aliphatic carbocycles. The average molecular weight is 389 g/mol. The van der Waals surface area contributed by atoms with Gasteiger partial charge in [-0.3, -0.25) is 4.79 Å². The summed E-state index contributed by atoms with van der Waals surface area (Å²) in [7, 11) is 0. The molecule has 27 heavy (non-hydrogen) atoms.